The zero-order chi connectivity index (χ0) is 17.2. The second kappa shape index (κ2) is 6.47. The summed E-state index contributed by atoms with van der Waals surface area (Å²) in [5.41, 5.74) is 0.197. The van der Waals surface area contributed by atoms with E-state index in [4.69, 9.17) is 4.52 Å². The molecule has 7 nitrogen and oxygen atoms in total. The molecule has 0 aliphatic heterocycles. The molecule has 1 aromatic heterocycles. The molecule has 0 saturated heterocycles. The van der Waals surface area contributed by atoms with Crippen LogP contribution in [0.5, 0.6) is 0 Å². The van der Waals surface area contributed by atoms with Gasteiger partial charge in [-0.05, 0) is 44.5 Å². The van der Waals surface area contributed by atoms with Crippen LogP contribution in [0.1, 0.15) is 18.2 Å². The van der Waals surface area contributed by atoms with Gasteiger partial charge in [-0.15, -0.1) is 0 Å². The quantitative estimate of drug-likeness (QED) is 0.862. The summed E-state index contributed by atoms with van der Waals surface area (Å²) >= 11 is 0. The number of amides is 1. The highest BCUT2D eigenvalue weighted by Gasteiger charge is 2.23. The van der Waals surface area contributed by atoms with Crippen LogP contribution in [-0.2, 0) is 14.8 Å². The summed E-state index contributed by atoms with van der Waals surface area (Å²) in [6, 6.07) is 3.84. The lowest BCUT2D eigenvalue weighted by Gasteiger charge is -2.13. The number of sulfonamides is 1. The van der Waals surface area contributed by atoms with Gasteiger partial charge in [-0.2, -0.15) is 4.72 Å². The number of nitrogens with zero attached hydrogens (tertiary/aromatic N) is 1. The number of rotatable bonds is 5. The first-order chi connectivity index (χ1) is 10.7. The summed E-state index contributed by atoms with van der Waals surface area (Å²) in [5.74, 6) is -0.400. The van der Waals surface area contributed by atoms with Crippen molar-refractivity contribution in [1.82, 2.24) is 9.88 Å². The van der Waals surface area contributed by atoms with E-state index in [0.29, 0.717) is 5.76 Å². The molecule has 0 radical (unpaired) electrons. The molecule has 1 atom stereocenters. The SMILES string of the molecule is Cc1cc(NC(=O)[C@H](C)NS(=O)(=O)c2ccc(F)c(C)c2)no1. The van der Waals surface area contributed by atoms with Gasteiger partial charge in [0.15, 0.2) is 5.82 Å². The monoisotopic (exact) mass is 341 g/mol. The highest BCUT2D eigenvalue weighted by molar-refractivity contribution is 7.89. The Morgan fingerprint density at radius 3 is 2.57 bits per heavy atom. The maximum Gasteiger partial charge on any atom is 0.243 e. The molecule has 0 saturated carbocycles. The molecule has 0 unspecified atom stereocenters. The maximum absolute atomic E-state index is 13.2. The highest BCUT2D eigenvalue weighted by atomic mass is 32.2. The molecule has 1 aromatic carbocycles. The Bertz CT molecular complexity index is 832. The molecule has 0 aliphatic rings. The molecule has 2 rings (SSSR count). The van der Waals surface area contributed by atoms with Crippen LogP contribution < -0.4 is 10.0 Å². The zero-order valence-corrected chi connectivity index (χ0v) is 13.6. The first-order valence-corrected chi connectivity index (χ1v) is 8.20. The van der Waals surface area contributed by atoms with E-state index >= 15 is 0 Å². The smallest absolute Gasteiger partial charge is 0.243 e. The summed E-state index contributed by atoms with van der Waals surface area (Å²) in [6.45, 7) is 4.50. The Hall–Kier alpha value is -2.26. The third-order valence-electron chi connectivity index (χ3n) is 3.04. The fraction of sp³-hybridized carbons (Fsp3) is 0.286. The van der Waals surface area contributed by atoms with E-state index in [2.05, 4.69) is 15.2 Å². The summed E-state index contributed by atoms with van der Waals surface area (Å²) in [7, 11) is -3.95. The molecule has 0 spiro atoms. The van der Waals surface area contributed by atoms with Gasteiger partial charge in [-0.25, -0.2) is 12.8 Å². The molecule has 9 heteroatoms. The van der Waals surface area contributed by atoms with Crippen LogP contribution in [0.25, 0.3) is 0 Å². The lowest BCUT2D eigenvalue weighted by Crippen LogP contribution is -2.41. The second-order valence-corrected chi connectivity index (χ2v) is 6.78. The Morgan fingerprint density at radius 2 is 2.00 bits per heavy atom. The van der Waals surface area contributed by atoms with Gasteiger partial charge in [-0.1, -0.05) is 5.16 Å². The molecule has 1 heterocycles. The van der Waals surface area contributed by atoms with Gasteiger partial charge >= 0.3 is 0 Å². The lowest BCUT2D eigenvalue weighted by molar-refractivity contribution is -0.117. The van der Waals surface area contributed by atoms with Crippen molar-refractivity contribution in [3.8, 4) is 0 Å². The van der Waals surface area contributed by atoms with E-state index < -0.39 is 27.8 Å². The number of carbonyl (C=O) groups excluding carboxylic acids is 1. The largest absolute Gasteiger partial charge is 0.360 e. The standard InChI is InChI=1S/C14H16FN3O4S/c1-8-6-11(4-5-12(8)15)23(20,21)18-10(3)14(19)16-13-7-9(2)22-17-13/h4-7,10,18H,1-3H3,(H,16,17,19)/t10-/m0/s1. The number of hydrogen-bond acceptors (Lipinski definition) is 5. The summed E-state index contributed by atoms with van der Waals surface area (Å²) in [5, 5.41) is 6.01. The average Bonchev–Trinajstić information content (AvgIpc) is 2.86. The fourth-order valence-electron chi connectivity index (χ4n) is 1.80. The van der Waals surface area contributed by atoms with E-state index in [1.165, 1.54) is 26.0 Å². The van der Waals surface area contributed by atoms with E-state index in [0.717, 1.165) is 12.1 Å². The van der Waals surface area contributed by atoms with Gasteiger partial charge in [0.05, 0.1) is 10.9 Å². The van der Waals surface area contributed by atoms with Gasteiger partial charge < -0.3 is 9.84 Å². The topological polar surface area (TPSA) is 101 Å². The van der Waals surface area contributed by atoms with E-state index in [1.807, 2.05) is 0 Å². The number of aromatic nitrogens is 1. The van der Waals surface area contributed by atoms with Crippen LogP contribution >= 0.6 is 0 Å². The van der Waals surface area contributed by atoms with Gasteiger partial charge in [0, 0.05) is 6.07 Å². The van der Waals surface area contributed by atoms with Gasteiger partial charge in [0.2, 0.25) is 15.9 Å². The minimum absolute atomic E-state index is 0.117. The number of benzene rings is 1. The molecule has 0 aliphatic carbocycles. The Balaban J connectivity index is 2.09. The average molecular weight is 341 g/mol. The summed E-state index contributed by atoms with van der Waals surface area (Å²) in [4.78, 5) is 11.9. The Kier molecular flexibility index (Phi) is 4.81. The van der Waals surface area contributed by atoms with Crippen molar-refractivity contribution >= 4 is 21.7 Å². The molecule has 0 fully saturated rings. The molecule has 0 bridgehead atoms. The Morgan fingerprint density at radius 1 is 1.30 bits per heavy atom. The number of nitrogens with one attached hydrogen (secondary N) is 2. The van der Waals surface area contributed by atoms with Crippen LogP contribution in [0.2, 0.25) is 0 Å². The predicted octanol–water partition coefficient (Wildman–Crippen LogP) is 1.74. The van der Waals surface area contributed by atoms with Crippen LogP contribution in [0.15, 0.2) is 33.7 Å². The van der Waals surface area contributed by atoms with Crippen LogP contribution in [0.4, 0.5) is 10.2 Å². The summed E-state index contributed by atoms with van der Waals surface area (Å²) in [6.07, 6.45) is 0. The van der Waals surface area contributed by atoms with Crippen molar-refractivity contribution in [2.75, 3.05) is 5.32 Å². The van der Waals surface area contributed by atoms with Crippen molar-refractivity contribution in [1.29, 1.82) is 0 Å². The zero-order valence-electron chi connectivity index (χ0n) is 12.8. The van der Waals surface area contributed by atoms with Crippen molar-refractivity contribution in [3.05, 3.63) is 41.4 Å². The van der Waals surface area contributed by atoms with E-state index in [1.54, 1.807) is 6.92 Å². The lowest BCUT2D eigenvalue weighted by atomic mass is 10.2. The van der Waals surface area contributed by atoms with Gasteiger partial charge in [0.25, 0.3) is 0 Å². The Labute approximate surface area is 132 Å². The molecule has 2 aromatic rings. The van der Waals surface area contributed by atoms with Crippen LogP contribution in [0, 0.1) is 19.7 Å². The van der Waals surface area contributed by atoms with Gasteiger partial charge in [0.1, 0.15) is 11.6 Å². The van der Waals surface area contributed by atoms with Crippen molar-refractivity contribution < 1.29 is 22.1 Å². The first-order valence-electron chi connectivity index (χ1n) is 6.72. The molecule has 1 amide bonds. The number of carbonyl (C=O) groups is 1. The third-order valence-corrected chi connectivity index (χ3v) is 4.58. The van der Waals surface area contributed by atoms with Gasteiger partial charge in [-0.3, -0.25) is 4.79 Å². The molecule has 23 heavy (non-hydrogen) atoms. The number of anilines is 1. The highest BCUT2D eigenvalue weighted by Crippen LogP contribution is 2.15. The minimum Gasteiger partial charge on any atom is -0.360 e. The number of aryl methyl sites for hydroxylation is 2. The first kappa shape index (κ1) is 17.1. The molecule has 124 valence electrons. The fourth-order valence-corrected chi connectivity index (χ4v) is 3.09. The van der Waals surface area contributed by atoms with Crippen molar-refractivity contribution in [2.45, 2.75) is 31.7 Å². The number of halogens is 1. The molecular weight excluding hydrogens is 325 g/mol. The third kappa shape index (κ3) is 4.14. The maximum atomic E-state index is 13.2. The van der Waals surface area contributed by atoms with Crippen LogP contribution in [-0.4, -0.2) is 25.5 Å². The van der Waals surface area contributed by atoms with Crippen LogP contribution in [0.3, 0.4) is 0 Å². The van der Waals surface area contributed by atoms with E-state index in [-0.39, 0.29) is 16.3 Å². The number of hydrogen-bond donors (Lipinski definition) is 2. The van der Waals surface area contributed by atoms with Crippen molar-refractivity contribution in [3.63, 3.8) is 0 Å². The molecular formula is C14H16FN3O4S. The summed E-state index contributed by atoms with van der Waals surface area (Å²) < 4.78 is 44.7. The second-order valence-electron chi connectivity index (χ2n) is 5.07. The minimum atomic E-state index is -3.95. The molecule has 2 N–H and O–H groups in total. The van der Waals surface area contributed by atoms with Crippen molar-refractivity contribution in [2.24, 2.45) is 0 Å². The normalized spacial score (nSPS) is 12.9. The van der Waals surface area contributed by atoms with E-state index in [9.17, 15) is 17.6 Å². The predicted molar refractivity (Wildman–Crippen MR) is 80.8 cm³/mol.